The van der Waals surface area contributed by atoms with E-state index < -0.39 is 11.7 Å². The molecule has 3 amide bonds. The summed E-state index contributed by atoms with van der Waals surface area (Å²) in [5.74, 6) is -1.53. The van der Waals surface area contributed by atoms with Gasteiger partial charge in [0.25, 0.3) is 0 Å². The van der Waals surface area contributed by atoms with Crippen LogP contribution in [0.25, 0.3) is 10.9 Å². The summed E-state index contributed by atoms with van der Waals surface area (Å²) in [5, 5.41) is 7.67. The van der Waals surface area contributed by atoms with Crippen molar-refractivity contribution in [1.29, 1.82) is 0 Å². The van der Waals surface area contributed by atoms with Gasteiger partial charge in [-0.1, -0.05) is 29.8 Å². The molecule has 5 rings (SSSR count). The molecule has 2 fully saturated rings. The number of rotatable bonds is 10. The van der Waals surface area contributed by atoms with Crippen molar-refractivity contribution in [3.05, 3.63) is 64.1 Å². The molecule has 3 aromatic rings. The van der Waals surface area contributed by atoms with Gasteiger partial charge in [0.2, 0.25) is 17.7 Å². The Bertz CT molecular complexity index is 1530. The SMILES string of the molecule is CC(=O)c1nn(CC(=O)N(CC(=O)NCc2cccc(Cl)c2F)C2CC2)c2ccc(CC(=O)N3CCN(C)CC3)cc12. The van der Waals surface area contributed by atoms with Gasteiger partial charge in [0.05, 0.1) is 23.5 Å². The van der Waals surface area contributed by atoms with E-state index in [0.717, 1.165) is 31.5 Å². The van der Waals surface area contributed by atoms with Crippen molar-refractivity contribution >= 4 is 46.0 Å². The van der Waals surface area contributed by atoms with E-state index in [4.69, 9.17) is 11.6 Å². The highest BCUT2D eigenvalue weighted by Crippen LogP contribution is 2.28. The molecule has 42 heavy (non-hydrogen) atoms. The first-order valence-electron chi connectivity index (χ1n) is 14.1. The average molecular weight is 597 g/mol. The molecule has 2 aliphatic rings. The second kappa shape index (κ2) is 12.6. The van der Waals surface area contributed by atoms with Crippen LogP contribution in [0.2, 0.25) is 5.02 Å². The van der Waals surface area contributed by atoms with Gasteiger partial charge in [0, 0.05) is 56.6 Å². The summed E-state index contributed by atoms with van der Waals surface area (Å²) >= 11 is 5.82. The van der Waals surface area contributed by atoms with Crippen LogP contribution in [0.1, 0.15) is 41.4 Å². The highest BCUT2D eigenvalue weighted by molar-refractivity contribution is 6.30. The Morgan fingerprint density at radius 1 is 1.10 bits per heavy atom. The van der Waals surface area contributed by atoms with Crippen LogP contribution in [0.15, 0.2) is 36.4 Å². The maximum atomic E-state index is 14.2. The molecule has 1 aromatic heterocycles. The van der Waals surface area contributed by atoms with Crippen LogP contribution in [0, 0.1) is 5.82 Å². The first-order valence-corrected chi connectivity index (χ1v) is 14.4. The van der Waals surface area contributed by atoms with Crippen molar-refractivity contribution in [3.63, 3.8) is 0 Å². The number of aromatic nitrogens is 2. The lowest BCUT2D eigenvalue weighted by Gasteiger charge is -2.32. The standard InChI is InChI=1S/C30H34ClFN6O4/c1-19(39)30-23-14-20(15-27(41)36-12-10-35(2)11-13-36)6-9-25(23)38(34-30)18-28(42)37(22-7-8-22)17-26(40)33-16-21-4-3-5-24(31)29(21)32/h3-6,9,14,22H,7-8,10-13,15-18H2,1-2H3,(H,33,40). The molecule has 0 radical (unpaired) electrons. The number of Topliss-reactive ketones (excluding diaryl/α,β-unsaturated/α-hetero) is 1. The lowest BCUT2D eigenvalue weighted by atomic mass is 10.1. The minimum Gasteiger partial charge on any atom is -0.350 e. The van der Waals surface area contributed by atoms with E-state index in [1.165, 1.54) is 28.6 Å². The molecule has 0 bridgehead atoms. The molecule has 1 saturated heterocycles. The lowest BCUT2D eigenvalue weighted by Crippen LogP contribution is -2.47. The van der Waals surface area contributed by atoms with Gasteiger partial charge in [-0.2, -0.15) is 5.10 Å². The molecule has 2 heterocycles. The summed E-state index contributed by atoms with van der Waals surface area (Å²) in [5.41, 5.74) is 1.85. The number of likely N-dealkylation sites (N-methyl/N-ethyl adjacent to an activating group) is 1. The molecular weight excluding hydrogens is 563 g/mol. The second-order valence-corrected chi connectivity index (χ2v) is 11.4. The number of nitrogens with one attached hydrogen (secondary N) is 1. The number of fused-ring (bicyclic) bond motifs is 1. The number of carbonyl (C=O) groups is 4. The number of piperazine rings is 1. The largest absolute Gasteiger partial charge is 0.350 e. The van der Waals surface area contributed by atoms with Crippen LogP contribution in [-0.2, 0) is 33.9 Å². The fourth-order valence-electron chi connectivity index (χ4n) is 5.17. The van der Waals surface area contributed by atoms with Crippen LogP contribution in [0.5, 0.6) is 0 Å². The van der Waals surface area contributed by atoms with Gasteiger partial charge in [-0.25, -0.2) is 4.39 Å². The third kappa shape index (κ3) is 6.79. The predicted octanol–water partition coefficient (Wildman–Crippen LogP) is 2.66. The Balaban J connectivity index is 1.27. The van der Waals surface area contributed by atoms with E-state index in [1.54, 1.807) is 18.2 Å². The van der Waals surface area contributed by atoms with Crippen molar-refractivity contribution in [3.8, 4) is 0 Å². The van der Waals surface area contributed by atoms with Crippen LogP contribution >= 0.6 is 11.6 Å². The van der Waals surface area contributed by atoms with Crippen molar-refractivity contribution < 1.29 is 23.6 Å². The number of nitrogens with zero attached hydrogens (tertiary/aromatic N) is 5. The van der Waals surface area contributed by atoms with Crippen molar-refractivity contribution in [2.45, 2.75) is 45.3 Å². The minimum absolute atomic E-state index is 0.0262. The fourth-order valence-corrected chi connectivity index (χ4v) is 5.37. The van der Waals surface area contributed by atoms with Crippen molar-refractivity contribution in [1.82, 2.24) is 29.8 Å². The molecule has 1 aliphatic heterocycles. The summed E-state index contributed by atoms with van der Waals surface area (Å²) in [6.45, 7) is 4.06. The molecule has 10 nitrogen and oxygen atoms in total. The maximum absolute atomic E-state index is 14.2. The highest BCUT2D eigenvalue weighted by atomic mass is 35.5. The van der Waals surface area contributed by atoms with Crippen LogP contribution in [-0.4, -0.2) is 93.8 Å². The average Bonchev–Trinajstić information content (AvgIpc) is 3.74. The number of hydrogen-bond donors (Lipinski definition) is 1. The Labute approximate surface area is 248 Å². The lowest BCUT2D eigenvalue weighted by molar-refractivity contribution is -0.137. The molecule has 1 saturated carbocycles. The van der Waals surface area contributed by atoms with Crippen molar-refractivity contribution in [2.24, 2.45) is 0 Å². The molecule has 0 unspecified atom stereocenters. The normalized spacial score (nSPS) is 15.6. The molecule has 2 aromatic carbocycles. The Hall–Kier alpha value is -3.83. The molecule has 0 spiro atoms. The van der Waals surface area contributed by atoms with Gasteiger partial charge in [0.1, 0.15) is 18.1 Å². The van der Waals surface area contributed by atoms with E-state index in [9.17, 15) is 23.6 Å². The van der Waals surface area contributed by atoms with Gasteiger partial charge in [0.15, 0.2) is 5.78 Å². The summed E-state index contributed by atoms with van der Waals surface area (Å²) in [4.78, 5) is 57.0. The van der Waals surface area contributed by atoms with Gasteiger partial charge < -0.3 is 20.0 Å². The zero-order valence-corrected chi connectivity index (χ0v) is 24.5. The van der Waals surface area contributed by atoms with E-state index in [0.29, 0.717) is 24.0 Å². The predicted molar refractivity (Wildman–Crippen MR) is 156 cm³/mol. The third-order valence-electron chi connectivity index (χ3n) is 7.77. The number of halogens is 2. The molecular formula is C30H34ClFN6O4. The number of hydrogen-bond acceptors (Lipinski definition) is 6. The summed E-state index contributed by atoms with van der Waals surface area (Å²) in [7, 11) is 2.03. The van der Waals surface area contributed by atoms with Crippen molar-refractivity contribution in [2.75, 3.05) is 39.8 Å². The van der Waals surface area contributed by atoms with E-state index in [1.807, 2.05) is 18.0 Å². The van der Waals surface area contributed by atoms with Crippen LogP contribution in [0.4, 0.5) is 4.39 Å². The highest BCUT2D eigenvalue weighted by Gasteiger charge is 2.34. The van der Waals surface area contributed by atoms with E-state index >= 15 is 0 Å². The van der Waals surface area contributed by atoms with Gasteiger partial charge in [-0.05, 0) is 43.7 Å². The first kappa shape index (κ1) is 29.7. The molecule has 1 N–H and O–H groups in total. The fraction of sp³-hybridized carbons (Fsp3) is 0.433. The zero-order chi connectivity index (χ0) is 30.0. The van der Waals surface area contributed by atoms with Gasteiger partial charge >= 0.3 is 0 Å². The minimum atomic E-state index is -0.590. The quantitative estimate of drug-likeness (QED) is 0.361. The third-order valence-corrected chi connectivity index (χ3v) is 8.07. The molecule has 0 atom stereocenters. The van der Waals surface area contributed by atoms with E-state index in [2.05, 4.69) is 15.3 Å². The topological polar surface area (TPSA) is 108 Å². The summed E-state index contributed by atoms with van der Waals surface area (Å²) in [6, 6.07) is 9.91. The number of carbonyl (C=O) groups excluding carboxylic acids is 4. The van der Waals surface area contributed by atoms with Gasteiger partial charge in [-0.3, -0.25) is 23.9 Å². The summed E-state index contributed by atoms with van der Waals surface area (Å²) < 4.78 is 15.7. The smallest absolute Gasteiger partial charge is 0.245 e. The van der Waals surface area contributed by atoms with Crippen LogP contribution < -0.4 is 5.32 Å². The van der Waals surface area contributed by atoms with Crippen LogP contribution in [0.3, 0.4) is 0 Å². The van der Waals surface area contributed by atoms with Gasteiger partial charge in [-0.15, -0.1) is 0 Å². The van der Waals surface area contributed by atoms with E-state index in [-0.39, 0.29) is 66.0 Å². The Kier molecular flexibility index (Phi) is 8.88. The monoisotopic (exact) mass is 596 g/mol. The summed E-state index contributed by atoms with van der Waals surface area (Å²) in [6.07, 6.45) is 1.78. The molecule has 1 aliphatic carbocycles. The second-order valence-electron chi connectivity index (χ2n) is 11.0. The molecule has 222 valence electrons. The number of benzene rings is 2. The first-order chi connectivity index (χ1) is 20.1. The number of amides is 3. The maximum Gasteiger partial charge on any atom is 0.245 e. The Morgan fingerprint density at radius 3 is 2.52 bits per heavy atom. The Morgan fingerprint density at radius 2 is 1.83 bits per heavy atom. The zero-order valence-electron chi connectivity index (χ0n) is 23.7. The molecule has 12 heteroatoms. The number of ketones is 1.